The number of benzene rings is 2. The van der Waals surface area contributed by atoms with Crippen molar-refractivity contribution in [1.82, 2.24) is 0 Å². The van der Waals surface area contributed by atoms with Gasteiger partial charge in [0.25, 0.3) is 5.91 Å². The van der Waals surface area contributed by atoms with Crippen molar-refractivity contribution < 1.29 is 27.8 Å². The molecule has 0 aliphatic rings. The molecule has 0 saturated carbocycles. The van der Waals surface area contributed by atoms with Gasteiger partial charge >= 0.3 is 12.6 Å². The van der Waals surface area contributed by atoms with Crippen molar-refractivity contribution in [3.8, 4) is 5.75 Å². The Morgan fingerprint density at radius 1 is 1.18 bits per heavy atom. The zero-order valence-corrected chi connectivity index (χ0v) is 15.9. The largest absolute Gasteiger partial charge is 0.452 e. The SMILES string of the molecule is Cc1cc(C)c(NC(=O)COC(=O)/C=C/c2ccc(OC(F)F)cc2)c(Cl)c1. The third-order valence-corrected chi connectivity index (χ3v) is 3.86. The van der Waals surface area contributed by atoms with Crippen molar-refractivity contribution in [2.75, 3.05) is 11.9 Å². The van der Waals surface area contributed by atoms with E-state index in [1.54, 1.807) is 13.0 Å². The van der Waals surface area contributed by atoms with Gasteiger partial charge in [0.2, 0.25) is 0 Å². The van der Waals surface area contributed by atoms with Gasteiger partial charge < -0.3 is 14.8 Å². The molecule has 2 aromatic rings. The molecule has 2 aromatic carbocycles. The van der Waals surface area contributed by atoms with Crippen molar-refractivity contribution >= 4 is 35.2 Å². The van der Waals surface area contributed by atoms with E-state index >= 15 is 0 Å². The summed E-state index contributed by atoms with van der Waals surface area (Å²) in [6.07, 6.45) is 2.55. The lowest BCUT2D eigenvalue weighted by molar-refractivity contribution is -0.142. The summed E-state index contributed by atoms with van der Waals surface area (Å²) in [5.41, 5.74) is 2.80. The van der Waals surface area contributed by atoms with E-state index in [0.29, 0.717) is 16.3 Å². The van der Waals surface area contributed by atoms with Gasteiger partial charge in [0.15, 0.2) is 6.61 Å². The first-order valence-electron chi connectivity index (χ1n) is 8.21. The molecule has 148 valence electrons. The summed E-state index contributed by atoms with van der Waals surface area (Å²) < 4.78 is 33.3. The van der Waals surface area contributed by atoms with Gasteiger partial charge in [-0.3, -0.25) is 4.79 Å². The van der Waals surface area contributed by atoms with Crippen LogP contribution < -0.4 is 10.1 Å². The number of rotatable bonds is 7. The van der Waals surface area contributed by atoms with Gasteiger partial charge in [0.1, 0.15) is 5.75 Å². The molecule has 0 aliphatic carbocycles. The molecule has 0 fully saturated rings. The number of carbonyl (C=O) groups is 2. The van der Waals surface area contributed by atoms with Gasteiger partial charge in [-0.2, -0.15) is 8.78 Å². The highest BCUT2D eigenvalue weighted by atomic mass is 35.5. The van der Waals surface area contributed by atoms with Crippen LogP contribution in [0.4, 0.5) is 14.5 Å². The average molecular weight is 410 g/mol. The minimum Gasteiger partial charge on any atom is -0.452 e. The summed E-state index contributed by atoms with van der Waals surface area (Å²) >= 11 is 6.11. The number of alkyl halides is 2. The zero-order chi connectivity index (χ0) is 20.7. The van der Waals surface area contributed by atoms with Crippen molar-refractivity contribution in [3.63, 3.8) is 0 Å². The van der Waals surface area contributed by atoms with Crippen LogP contribution in [0.5, 0.6) is 5.75 Å². The van der Waals surface area contributed by atoms with Crippen LogP contribution in [0.3, 0.4) is 0 Å². The van der Waals surface area contributed by atoms with Gasteiger partial charge in [-0.25, -0.2) is 4.79 Å². The highest BCUT2D eigenvalue weighted by Crippen LogP contribution is 2.27. The molecule has 1 amide bonds. The fraction of sp³-hybridized carbons (Fsp3) is 0.200. The van der Waals surface area contributed by atoms with Crippen molar-refractivity contribution in [3.05, 3.63) is 64.2 Å². The predicted molar refractivity (Wildman–Crippen MR) is 103 cm³/mol. The fourth-order valence-corrected chi connectivity index (χ4v) is 2.73. The summed E-state index contributed by atoms with van der Waals surface area (Å²) in [4.78, 5) is 23.7. The molecule has 0 aromatic heterocycles. The smallest absolute Gasteiger partial charge is 0.387 e. The zero-order valence-electron chi connectivity index (χ0n) is 15.2. The average Bonchev–Trinajstić information content (AvgIpc) is 2.62. The monoisotopic (exact) mass is 409 g/mol. The fourth-order valence-electron chi connectivity index (χ4n) is 2.36. The topological polar surface area (TPSA) is 64.6 Å². The van der Waals surface area contributed by atoms with Gasteiger partial charge in [0.05, 0.1) is 10.7 Å². The maximum absolute atomic E-state index is 12.1. The van der Waals surface area contributed by atoms with Crippen molar-refractivity contribution in [2.45, 2.75) is 20.5 Å². The Morgan fingerprint density at radius 2 is 1.86 bits per heavy atom. The molecule has 0 atom stereocenters. The van der Waals surface area contributed by atoms with Crippen LogP contribution in [0.2, 0.25) is 5.02 Å². The summed E-state index contributed by atoms with van der Waals surface area (Å²) in [7, 11) is 0. The molecule has 0 aliphatic heterocycles. The van der Waals surface area contributed by atoms with Crippen LogP contribution in [-0.4, -0.2) is 25.1 Å². The maximum atomic E-state index is 12.1. The first-order valence-corrected chi connectivity index (χ1v) is 8.58. The van der Waals surface area contributed by atoms with E-state index in [4.69, 9.17) is 16.3 Å². The predicted octanol–water partition coefficient (Wildman–Crippen LogP) is 4.75. The molecule has 0 heterocycles. The molecular weight excluding hydrogens is 392 g/mol. The highest BCUT2D eigenvalue weighted by Gasteiger charge is 2.11. The van der Waals surface area contributed by atoms with E-state index in [0.717, 1.165) is 17.2 Å². The molecule has 5 nitrogen and oxygen atoms in total. The number of nitrogens with one attached hydrogen (secondary N) is 1. The van der Waals surface area contributed by atoms with Crippen LogP contribution in [0.1, 0.15) is 16.7 Å². The van der Waals surface area contributed by atoms with Crippen LogP contribution in [0.25, 0.3) is 6.08 Å². The van der Waals surface area contributed by atoms with Crippen LogP contribution in [-0.2, 0) is 14.3 Å². The minimum absolute atomic E-state index is 0.0106. The first-order chi connectivity index (χ1) is 13.2. The summed E-state index contributed by atoms with van der Waals surface area (Å²) in [5.74, 6) is -1.24. The number of esters is 1. The molecular formula is C20H18ClF2NO4. The number of carbonyl (C=O) groups excluding carboxylic acids is 2. The Bertz CT molecular complexity index is 859. The Hall–Kier alpha value is -2.93. The molecule has 0 spiro atoms. The number of aryl methyl sites for hydroxylation is 2. The van der Waals surface area contributed by atoms with Gasteiger partial charge in [-0.15, -0.1) is 0 Å². The normalized spacial score (nSPS) is 10.9. The number of anilines is 1. The maximum Gasteiger partial charge on any atom is 0.387 e. The minimum atomic E-state index is -2.90. The Labute approximate surface area is 165 Å². The van der Waals surface area contributed by atoms with E-state index in [-0.39, 0.29) is 5.75 Å². The van der Waals surface area contributed by atoms with E-state index in [1.807, 2.05) is 13.0 Å². The Kier molecular flexibility index (Phi) is 7.52. The van der Waals surface area contributed by atoms with E-state index in [2.05, 4.69) is 10.1 Å². The molecule has 28 heavy (non-hydrogen) atoms. The third kappa shape index (κ3) is 6.66. The highest BCUT2D eigenvalue weighted by molar-refractivity contribution is 6.34. The second-order valence-corrected chi connectivity index (χ2v) is 6.28. The number of halogens is 3. The summed E-state index contributed by atoms with van der Waals surface area (Å²) in [5, 5.41) is 3.01. The Balaban J connectivity index is 1.85. The van der Waals surface area contributed by atoms with E-state index < -0.39 is 25.1 Å². The lowest BCUT2D eigenvalue weighted by atomic mass is 10.1. The second kappa shape index (κ2) is 9.85. The lowest BCUT2D eigenvalue weighted by Crippen LogP contribution is -2.20. The van der Waals surface area contributed by atoms with Gasteiger partial charge in [-0.1, -0.05) is 29.8 Å². The number of amides is 1. The summed E-state index contributed by atoms with van der Waals surface area (Å²) in [6, 6.07) is 9.27. The number of hydrogen-bond donors (Lipinski definition) is 1. The quantitative estimate of drug-likeness (QED) is 0.529. The number of hydrogen-bond acceptors (Lipinski definition) is 4. The van der Waals surface area contributed by atoms with Crippen LogP contribution in [0, 0.1) is 13.8 Å². The standard InChI is InChI=1S/C20H18ClF2NO4/c1-12-9-13(2)19(16(21)10-12)24-17(25)11-27-18(26)8-5-14-3-6-15(7-4-14)28-20(22)23/h3-10,20H,11H2,1-2H3,(H,24,25)/b8-5+. The van der Waals surface area contributed by atoms with E-state index in [1.165, 1.54) is 30.3 Å². The molecule has 1 N–H and O–H groups in total. The summed E-state index contributed by atoms with van der Waals surface area (Å²) in [6.45, 7) is 0.313. The van der Waals surface area contributed by atoms with Crippen LogP contribution in [0.15, 0.2) is 42.5 Å². The third-order valence-electron chi connectivity index (χ3n) is 3.56. The Morgan fingerprint density at radius 3 is 2.46 bits per heavy atom. The van der Waals surface area contributed by atoms with E-state index in [9.17, 15) is 18.4 Å². The first kappa shape index (κ1) is 21.4. The molecule has 8 heteroatoms. The molecule has 0 radical (unpaired) electrons. The van der Waals surface area contributed by atoms with Gasteiger partial charge in [0, 0.05) is 6.08 Å². The van der Waals surface area contributed by atoms with Crippen molar-refractivity contribution in [1.29, 1.82) is 0 Å². The molecule has 0 unspecified atom stereocenters. The second-order valence-electron chi connectivity index (χ2n) is 5.88. The van der Waals surface area contributed by atoms with Crippen LogP contribution >= 0.6 is 11.6 Å². The molecule has 0 saturated heterocycles. The molecule has 0 bridgehead atoms. The van der Waals surface area contributed by atoms with Gasteiger partial charge in [-0.05, 0) is 54.8 Å². The number of ether oxygens (including phenoxy) is 2. The van der Waals surface area contributed by atoms with Crippen molar-refractivity contribution in [2.24, 2.45) is 0 Å². The molecule has 2 rings (SSSR count). The lowest BCUT2D eigenvalue weighted by Gasteiger charge is -2.11.